The zero-order chi connectivity index (χ0) is 28.8. The van der Waals surface area contributed by atoms with Gasteiger partial charge in [-0.25, -0.2) is 17.9 Å². The number of fused-ring (bicyclic) bond motifs is 1. The monoisotopic (exact) mass is 586 g/mol. The minimum absolute atomic E-state index is 0.0803. The van der Waals surface area contributed by atoms with Crippen molar-refractivity contribution < 1.29 is 42.1 Å². The van der Waals surface area contributed by atoms with Crippen molar-refractivity contribution in [1.82, 2.24) is 4.72 Å². The Kier molecular flexibility index (Phi) is 9.13. The van der Waals surface area contributed by atoms with Crippen LogP contribution in [0.2, 0.25) is 0 Å². The van der Waals surface area contributed by atoms with Crippen LogP contribution in [0.3, 0.4) is 0 Å². The van der Waals surface area contributed by atoms with Crippen molar-refractivity contribution in [2.75, 3.05) is 18.1 Å². The van der Waals surface area contributed by atoms with E-state index in [9.17, 15) is 23.4 Å². The van der Waals surface area contributed by atoms with Gasteiger partial charge in [-0.3, -0.25) is 4.90 Å². The van der Waals surface area contributed by atoms with E-state index in [-0.39, 0.29) is 35.5 Å². The van der Waals surface area contributed by atoms with Crippen molar-refractivity contribution >= 4 is 21.8 Å². The summed E-state index contributed by atoms with van der Waals surface area (Å²) in [4.78, 5) is 13.1. The molecule has 0 saturated heterocycles. The number of amides is 1. The highest BCUT2D eigenvalue weighted by Gasteiger charge is 2.33. The average Bonchev–Trinajstić information content (AvgIpc) is 3.50. The molecule has 220 valence electrons. The first-order valence-corrected chi connectivity index (χ1v) is 15.1. The number of anilines is 1. The van der Waals surface area contributed by atoms with Crippen LogP contribution >= 0.6 is 0 Å². The van der Waals surface area contributed by atoms with Crippen LogP contribution < -0.4 is 19.1 Å². The Hall–Kier alpha value is -3.58. The van der Waals surface area contributed by atoms with E-state index in [2.05, 4.69) is 4.72 Å². The van der Waals surface area contributed by atoms with Gasteiger partial charge in [-0.2, -0.15) is 0 Å². The molecule has 2 heterocycles. The first-order valence-electron chi connectivity index (χ1n) is 13.6. The Morgan fingerprint density at radius 1 is 1.07 bits per heavy atom. The van der Waals surface area contributed by atoms with E-state index in [1.165, 1.54) is 43.2 Å². The number of sulfonamides is 1. The van der Waals surface area contributed by atoms with Gasteiger partial charge in [0.1, 0.15) is 6.26 Å². The molecule has 1 unspecified atom stereocenters. The van der Waals surface area contributed by atoms with Crippen LogP contribution in [0, 0.1) is 0 Å². The quantitative estimate of drug-likeness (QED) is 0.301. The Labute approximate surface area is 238 Å². The van der Waals surface area contributed by atoms with Gasteiger partial charge in [0.05, 0.1) is 35.1 Å². The van der Waals surface area contributed by atoms with Gasteiger partial charge in [-0.1, -0.05) is 49.6 Å². The highest BCUT2D eigenvalue weighted by molar-refractivity contribution is 7.89. The summed E-state index contributed by atoms with van der Waals surface area (Å²) in [6.45, 7) is -0.299. The lowest BCUT2D eigenvalue weighted by atomic mass is 9.98. The molecule has 12 heteroatoms. The maximum atomic E-state index is 13.2. The molecule has 1 aliphatic heterocycles. The van der Waals surface area contributed by atoms with E-state index in [0.717, 1.165) is 36.1 Å². The Bertz CT molecular complexity index is 1390. The summed E-state index contributed by atoms with van der Waals surface area (Å²) >= 11 is 0. The molecular weight excluding hydrogens is 552 g/mol. The summed E-state index contributed by atoms with van der Waals surface area (Å²) < 4.78 is 51.5. The van der Waals surface area contributed by atoms with Crippen molar-refractivity contribution in [3.63, 3.8) is 0 Å². The zero-order valence-electron chi connectivity index (χ0n) is 22.4. The molecule has 11 nitrogen and oxygen atoms in total. The molecule has 0 radical (unpaired) electrons. The summed E-state index contributed by atoms with van der Waals surface area (Å²) in [6, 6.07) is 13.7. The molecule has 1 amide bonds. The molecular formula is C29H34N2O9S. The molecule has 3 atom stereocenters. The predicted molar refractivity (Wildman–Crippen MR) is 149 cm³/mol. The zero-order valence-corrected chi connectivity index (χ0v) is 23.2. The van der Waals surface area contributed by atoms with Gasteiger partial charge < -0.3 is 28.8 Å². The summed E-state index contributed by atoms with van der Waals surface area (Å²) in [6.07, 6.45) is 5.01. The second-order valence-electron chi connectivity index (χ2n) is 10.2. The first kappa shape index (κ1) is 28.9. The van der Waals surface area contributed by atoms with E-state index >= 15 is 0 Å². The predicted octanol–water partition coefficient (Wildman–Crippen LogP) is 4.16. The van der Waals surface area contributed by atoms with E-state index in [0.29, 0.717) is 5.75 Å². The summed E-state index contributed by atoms with van der Waals surface area (Å²) in [5.41, 5.74) is 0.990. The minimum atomic E-state index is -4.09. The summed E-state index contributed by atoms with van der Waals surface area (Å²) in [7, 11) is -4.09. The number of nitrogens with zero attached hydrogens (tertiary/aromatic N) is 1. The number of ether oxygens (including phenoxy) is 3. The largest absolute Gasteiger partial charge is 0.483 e. The van der Waals surface area contributed by atoms with Crippen molar-refractivity contribution in [3.8, 4) is 11.5 Å². The third-order valence-corrected chi connectivity index (χ3v) is 8.71. The standard InChI is InChI=1S/C29H34N2O9S/c32-25(24(15-20-7-3-1-4-8-20)31(29(33)34)21-13-14-37-18-21)17-30-41(35,36)23-11-12-26-27(16-23)38-19-28(40-26)39-22-9-5-2-6-10-22/h1,3-4,7-8,11-14,16,18,22,24-25,28,30,32H,2,5-6,9-10,15,17,19H2,(H,33,34)/t24-,25+,28?/m0/s1. The van der Waals surface area contributed by atoms with Gasteiger partial charge in [0.25, 0.3) is 0 Å². The molecule has 3 N–H and O–H groups in total. The maximum absolute atomic E-state index is 13.2. The van der Waals surface area contributed by atoms with Crippen molar-refractivity contribution in [2.24, 2.45) is 0 Å². The normalized spacial score (nSPS) is 18.9. The smallest absolute Gasteiger partial charge is 0.412 e. The van der Waals surface area contributed by atoms with Gasteiger partial charge in [-0.05, 0) is 37.0 Å². The summed E-state index contributed by atoms with van der Waals surface area (Å²) in [5, 5.41) is 21.1. The van der Waals surface area contributed by atoms with Crippen LogP contribution in [0.1, 0.15) is 37.7 Å². The molecule has 2 aliphatic rings. The fourth-order valence-corrected chi connectivity index (χ4v) is 6.26. The van der Waals surface area contributed by atoms with Crippen LogP contribution in [0.4, 0.5) is 10.5 Å². The average molecular weight is 587 g/mol. The van der Waals surface area contributed by atoms with Crippen LogP contribution in [-0.4, -0.2) is 62.4 Å². The Morgan fingerprint density at radius 2 is 1.85 bits per heavy atom. The fraction of sp³-hybridized carbons (Fsp3) is 0.414. The number of carboxylic acid groups (broad SMARTS) is 1. The molecule has 3 aromatic rings. The topological polar surface area (TPSA) is 148 Å². The lowest BCUT2D eigenvalue weighted by molar-refractivity contribution is -0.154. The molecule has 1 aromatic heterocycles. The SMILES string of the molecule is O=C(O)N(c1ccoc1)[C@@H](Cc1ccccc1)[C@H](O)CNS(=O)(=O)c1ccc2c(c1)OCC(OC1CCCCC1)O2. The fourth-order valence-electron chi connectivity index (χ4n) is 5.19. The van der Waals surface area contributed by atoms with Gasteiger partial charge in [0.15, 0.2) is 18.1 Å². The number of furan rings is 1. The number of aliphatic hydroxyl groups is 1. The molecule has 1 aliphatic carbocycles. The van der Waals surface area contributed by atoms with Crippen LogP contribution in [-0.2, 0) is 21.2 Å². The van der Waals surface area contributed by atoms with Crippen molar-refractivity contribution in [2.45, 2.75) is 68.0 Å². The first-order chi connectivity index (χ1) is 19.8. The Morgan fingerprint density at radius 3 is 2.56 bits per heavy atom. The van der Waals surface area contributed by atoms with Crippen LogP contribution in [0.25, 0.3) is 0 Å². The van der Waals surface area contributed by atoms with E-state index in [1.807, 2.05) is 6.07 Å². The van der Waals surface area contributed by atoms with E-state index in [4.69, 9.17) is 18.6 Å². The van der Waals surface area contributed by atoms with Gasteiger partial charge in [-0.15, -0.1) is 0 Å². The highest BCUT2D eigenvalue weighted by atomic mass is 32.2. The highest BCUT2D eigenvalue weighted by Crippen LogP contribution is 2.35. The van der Waals surface area contributed by atoms with Crippen molar-refractivity contribution in [1.29, 1.82) is 0 Å². The molecule has 1 fully saturated rings. The molecule has 2 aromatic carbocycles. The number of hydrogen-bond donors (Lipinski definition) is 3. The molecule has 0 spiro atoms. The number of aliphatic hydroxyl groups excluding tert-OH is 1. The minimum Gasteiger partial charge on any atom is -0.483 e. The van der Waals surface area contributed by atoms with Crippen LogP contribution in [0.5, 0.6) is 11.5 Å². The number of carbonyl (C=O) groups is 1. The van der Waals surface area contributed by atoms with E-state index in [1.54, 1.807) is 24.3 Å². The number of nitrogens with one attached hydrogen (secondary N) is 1. The molecule has 1 saturated carbocycles. The van der Waals surface area contributed by atoms with Crippen LogP contribution in [0.15, 0.2) is 76.4 Å². The second-order valence-corrected chi connectivity index (χ2v) is 11.9. The lowest BCUT2D eigenvalue weighted by Crippen LogP contribution is -2.51. The third-order valence-electron chi connectivity index (χ3n) is 7.29. The lowest BCUT2D eigenvalue weighted by Gasteiger charge is -2.32. The second kappa shape index (κ2) is 12.9. The van der Waals surface area contributed by atoms with Gasteiger partial charge >= 0.3 is 6.09 Å². The molecule has 41 heavy (non-hydrogen) atoms. The maximum Gasteiger partial charge on any atom is 0.412 e. The van der Waals surface area contributed by atoms with Gasteiger partial charge in [0, 0.05) is 18.7 Å². The number of hydrogen-bond acceptors (Lipinski definition) is 8. The van der Waals surface area contributed by atoms with E-state index < -0.39 is 41.1 Å². The number of rotatable bonds is 11. The third kappa shape index (κ3) is 7.20. The summed E-state index contributed by atoms with van der Waals surface area (Å²) in [5.74, 6) is 0.659. The number of benzene rings is 2. The molecule has 0 bridgehead atoms. The Balaban J connectivity index is 1.27. The molecule has 5 rings (SSSR count). The van der Waals surface area contributed by atoms with Crippen molar-refractivity contribution in [3.05, 3.63) is 72.7 Å². The van der Waals surface area contributed by atoms with Gasteiger partial charge in [0.2, 0.25) is 16.3 Å².